The van der Waals surface area contributed by atoms with Crippen LogP contribution in [0.2, 0.25) is 0 Å². The first-order valence-electron chi connectivity index (χ1n) is 8.33. The van der Waals surface area contributed by atoms with E-state index in [1.807, 2.05) is 7.05 Å². The van der Waals surface area contributed by atoms with E-state index in [9.17, 15) is 0 Å². The first-order valence-corrected chi connectivity index (χ1v) is 8.33. The molecule has 0 unspecified atom stereocenters. The van der Waals surface area contributed by atoms with E-state index in [-0.39, 0.29) is 24.0 Å². The minimum atomic E-state index is 0. The second-order valence-corrected chi connectivity index (χ2v) is 5.95. The molecule has 2 heterocycles. The van der Waals surface area contributed by atoms with Crippen molar-refractivity contribution in [1.82, 2.24) is 30.3 Å². The molecule has 3 rings (SSSR count). The maximum Gasteiger partial charge on any atom is 0.191 e. The molecule has 0 amide bonds. The van der Waals surface area contributed by atoms with Gasteiger partial charge in [0.25, 0.3) is 0 Å². The quantitative estimate of drug-likeness (QED) is 0.403. The minimum Gasteiger partial charge on any atom is -0.355 e. The van der Waals surface area contributed by atoms with Crippen LogP contribution >= 0.6 is 24.0 Å². The molecule has 1 aliphatic rings. The number of halogens is 1. The van der Waals surface area contributed by atoms with E-state index in [4.69, 9.17) is 0 Å². The van der Waals surface area contributed by atoms with Crippen LogP contribution in [0.5, 0.6) is 0 Å². The van der Waals surface area contributed by atoms with Crippen molar-refractivity contribution in [2.45, 2.75) is 19.5 Å². The standard InChI is InChI=1S/C17H25N7.HI/c1-18-17(20-11-16-21-13-22-23(16)2)19-8-10-24-9-7-14-5-3-4-6-15(14)12-24;/h3-6,13H,7-12H2,1-2H3,(H2,18,19,20);1H. The Hall–Kier alpha value is -1.68. The number of aryl methyl sites for hydroxylation is 1. The van der Waals surface area contributed by atoms with Crippen molar-refractivity contribution in [3.63, 3.8) is 0 Å². The highest BCUT2D eigenvalue weighted by Gasteiger charge is 2.15. The molecule has 0 saturated heterocycles. The number of rotatable bonds is 5. The number of aromatic nitrogens is 3. The number of fused-ring (bicyclic) bond motifs is 1. The van der Waals surface area contributed by atoms with Gasteiger partial charge in [-0.25, -0.2) is 4.98 Å². The Morgan fingerprint density at radius 3 is 2.76 bits per heavy atom. The molecule has 0 saturated carbocycles. The summed E-state index contributed by atoms with van der Waals surface area (Å²) in [4.78, 5) is 10.9. The van der Waals surface area contributed by atoms with Crippen LogP contribution in [0.4, 0.5) is 0 Å². The Morgan fingerprint density at radius 1 is 1.24 bits per heavy atom. The van der Waals surface area contributed by atoms with Crippen LogP contribution in [0.25, 0.3) is 0 Å². The van der Waals surface area contributed by atoms with E-state index in [1.165, 1.54) is 11.1 Å². The Kier molecular flexibility index (Phi) is 7.63. The van der Waals surface area contributed by atoms with Crippen LogP contribution in [0.1, 0.15) is 17.0 Å². The monoisotopic (exact) mass is 455 g/mol. The fraction of sp³-hybridized carbons (Fsp3) is 0.471. The van der Waals surface area contributed by atoms with Crippen molar-refractivity contribution < 1.29 is 0 Å². The number of nitrogens with one attached hydrogen (secondary N) is 2. The van der Waals surface area contributed by atoms with E-state index < -0.39 is 0 Å². The van der Waals surface area contributed by atoms with E-state index in [1.54, 1.807) is 18.1 Å². The maximum absolute atomic E-state index is 4.25. The largest absolute Gasteiger partial charge is 0.355 e. The number of hydrogen-bond acceptors (Lipinski definition) is 4. The fourth-order valence-corrected chi connectivity index (χ4v) is 2.94. The van der Waals surface area contributed by atoms with Gasteiger partial charge in [-0.2, -0.15) is 5.10 Å². The van der Waals surface area contributed by atoms with Crippen molar-refractivity contribution >= 4 is 29.9 Å². The molecule has 0 fully saturated rings. The SMILES string of the molecule is CN=C(NCCN1CCc2ccccc2C1)NCc1ncnn1C.I. The van der Waals surface area contributed by atoms with Crippen LogP contribution in [-0.4, -0.2) is 52.3 Å². The predicted octanol–water partition coefficient (Wildman–Crippen LogP) is 1.16. The third kappa shape index (κ3) is 5.40. The maximum atomic E-state index is 4.25. The summed E-state index contributed by atoms with van der Waals surface area (Å²) in [5.74, 6) is 1.67. The Bertz CT molecular complexity index is 698. The van der Waals surface area contributed by atoms with Gasteiger partial charge in [0.15, 0.2) is 5.96 Å². The number of aliphatic imine (C=N–C) groups is 1. The van der Waals surface area contributed by atoms with Crippen molar-refractivity contribution in [3.8, 4) is 0 Å². The molecule has 7 nitrogen and oxygen atoms in total. The summed E-state index contributed by atoms with van der Waals surface area (Å²) in [5, 5.41) is 10.7. The fourth-order valence-electron chi connectivity index (χ4n) is 2.94. The summed E-state index contributed by atoms with van der Waals surface area (Å²) in [7, 11) is 3.66. The molecule has 136 valence electrons. The molecule has 1 aromatic carbocycles. The van der Waals surface area contributed by atoms with Crippen molar-refractivity contribution in [2.24, 2.45) is 12.0 Å². The number of guanidine groups is 1. The minimum absolute atomic E-state index is 0. The van der Waals surface area contributed by atoms with Gasteiger partial charge in [0.05, 0.1) is 6.54 Å². The van der Waals surface area contributed by atoms with Gasteiger partial charge in [-0.3, -0.25) is 14.6 Å². The Morgan fingerprint density at radius 2 is 2.04 bits per heavy atom. The molecule has 0 spiro atoms. The van der Waals surface area contributed by atoms with E-state index in [0.717, 1.165) is 44.4 Å². The number of benzene rings is 1. The van der Waals surface area contributed by atoms with Crippen LogP contribution in [-0.2, 0) is 26.6 Å². The topological polar surface area (TPSA) is 70.4 Å². The zero-order valence-electron chi connectivity index (χ0n) is 14.8. The van der Waals surface area contributed by atoms with Crippen molar-refractivity contribution in [3.05, 3.63) is 47.5 Å². The average molecular weight is 455 g/mol. The first-order chi connectivity index (χ1) is 11.8. The van der Waals surface area contributed by atoms with Crippen LogP contribution in [0.3, 0.4) is 0 Å². The molecule has 2 N–H and O–H groups in total. The number of nitrogens with zero attached hydrogens (tertiary/aromatic N) is 5. The van der Waals surface area contributed by atoms with E-state index >= 15 is 0 Å². The summed E-state index contributed by atoms with van der Waals surface area (Å²) in [5.41, 5.74) is 2.94. The summed E-state index contributed by atoms with van der Waals surface area (Å²) in [6, 6.07) is 8.72. The van der Waals surface area contributed by atoms with Gasteiger partial charge >= 0.3 is 0 Å². The van der Waals surface area contributed by atoms with E-state index in [2.05, 4.69) is 54.9 Å². The number of hydrogen-bond donors (Lipinski definition) is 2. The summed E-state index contributed by atoms with van der Waals surface area (Å²) in [6.07, 6.45) is 2.69. The van der Waals surface area contributed by atoms with Gasteiger partial charge in [-0.15, -0.1) is 24.0 Å². The van der Waals surface area contributed by atoms with Crippen LogP contribution in [0.15, 0.2) is 35.6 Å². The van der Waals surface area contributed by atoms with Crippen LogP contribution in [0, 0.1) is 0 Å². The third-order valence-corrected chi connectivity index (χ3v) is 4.37. The zero-order valence-corrected chi connectivity index (χ0v) is 17.1. The molecule has 2 aromatic rings. The van der Waals surface area contributed by atoms with Gasteiger partial charge in [0, 0.05) is 40.3 Å². The lowest BCUT2D eigenvalue weighted by Crippen LogP contribution is -2.42. The molecular weight excluding hydrogens is 429 g/mol. The zero-order chi connectivity index (χ0) is 16.8. The van der Waals surface area contributed by atoms with Crippen molar-refractivity contribution in [2.75, 3.05) is 26.7 Å². The molecule has 0 bridgehead atoms. The molecule has 0 atom stereocenters. The molecule has 1 aromatic heterocycles. The highest BCUT2D eigenvalue weighted by Crippen LogP contribution is 2.17. The lowest BCUT2D eigenvalue weighted by molar-refractivity contribution is 0.258. The molecular formula is C17H26IN7. The smallest absolute Gasteiger partial charge is 0.191 e. The third-order valence-electron chi connectivity index (χ3n) is 4.37. The summed E-state index contributed by atoms with van der Waals surface area (Å²) >= 11 is 0. The van der Waals surface area contributed by atoms with Gasteiger partial charge < -0.3 is 10.6 Å². The average Bonchev–Trinajstić information content (AvgIpc) is 3.03. The lowest BCUT2D eigenvalue weighted by atomic mass is 10.00. The second-order valence-electron chi connectivity index (χ2n) is 5.95. The van der Waals surface area contributed by atoms with Gasteiger partial charge in [0.2, 0.25) is 0 Å². The van der Waals surface area contributed by atoms with Crippen molar-refractivity contribution in [1.29, 1.82) is 0 Å². The highest BCUT2D eigenvalue weighted by atomic mass is 127. The van der Waals surface area contributed by atoms with Gasteiger partial charge in [0.1, 0.15) is 12.2 Å². The van der Waals surface area contributed by atoms with Crippen LogP contribution < -0.4 is 10.6 Å². The lowest BCUT2D eigenvalue weighted by Gasteiger charge is -2.28. The van der Waals surface area contributed by atoms with Gasteiger partial charge in [-0.1, -0.05) is 24.3 Å². The van der Waals surface area contributed by atoms with Gasteiger partial charge in [-0.05, 0) is 17.5 Å². The van der Waals surface area contributed by atoms with E-state index in [0.29, 0.717) is 6.54 Å². The Labute approximate surface area is 165 Å². The molecule has 1 aliphatic heterocycles. The first kappa shape index (κ1) is 19.6. The predicted molar refractivity (Wildman–Crippen MR) is 110 cm³/mol. The second kappa shape index (κ2) is 9.71. The highest BCUT2D eigenvalue weighted by molar-refractivity contribution is 14.0. The normalized spacial score (nSPS) is 14.6. The molecule has 25 heavy (non-hydrogen) atoms. The molecule has 0 aliphatic carbocycles. The molecule has 8 heteroatoms. The summed E-state index contributed by atoms with van der Waals surface area (Å²) in [6.45, 7) is 4.61. The Balaban J connectivity index is 0.00000225. The molecule has 0 radical (unpaired) electrons. The summed E-state index contributed by atoms with van der Waals surface area (Å²) < 4.78 is 1.76.